The molecule has 0 aromatic carbocycles. The van der Waals surface area contributed by atoms with E-state index in [2.05, 4.69) is 5.32 Å². The molecule has 7 heteroatoms. The molecule has 0 amide bonds. The molecule has 0 saturated carbocycles. The first-order valence-corrected chi connectivity index (χ1v) is 5.12. The standard InChI is InChI=1S/C6H11N3O3S/c1-7-6(13(10,11)12)9-4-3-8(2)5-9/h3-7H,1-2H3/p+1. The molecule has 2 N–H and O–H groups in total. The Hall–Kier alpha value is -0.920. The molecule has 0 aliphatic heterocycles. The Bertz CT molecular complexity index is 384. The third-order valence-electron chi connectivity index (χ3n) is 1.59. The van der Waals surface area contributed by atoms with Gasteiger partial charge >= 0.3 is 10.1 Å². The van der Waals surface area contributed by atoms with Gasteiger partial charge in [0.15, 0.2) is 0 Å². The van der Waals surface area contributed by atoms with Crippen molar-refractivity contribution in [1.29, 1.82) is 0 Å². The quantitative estimate of drug-likeness (QED) is 0.485. The number of imidazole rings is 1. The molecule has 0 spiro atoms. The lowest BCUT2D eigenvalue weighted by molar-refractivity contribution is -0.706. The molecule has 0 aliphatic rings. The van der Waals surface area contributed by atoms with Crippen molar-refractivity contribution in [2.24, 2.45) is 7.05 Å². The maximum absolute atomic E-state index is 10.8. The van der Waals surface area contributed by atoms with Crippen molar-refractivity contribution in [2.75, 3.05) is 7.05 Å². The minimum Gasteiger partial charge on any atom is -0.281 e. The van der Waals surface area contributed by atoms with E-state index in [1.807, 2.05) is 0 Å². The van der Waals surface area contributed by atoms with Crippen LogP contribution in [0.3, 0.4) is 0 Å². The normalized spacial score (nSPS) is 14.4. The Labute approximate surface area is 76.6 Å². The van der Waals surface area contributed by atoms with Crippen molar-refractivity contribution < 1.29 is 17.5 Å². The van der Waals surface area contributed by atoms with Gasteiger partial charge in [-0.2, -0.15) is 8.42 Å². The number of nitrogens with one attached hydrogen (secondary N) is 1. The van der Waals surface area contributed by atoms with Gasteiger partial charge in [-0.25, -0.2) is 9.13 Å². The topological polar surface area (TPSA) is 75.2 Å². The molecule has 0 fully saturated rings. The maximum atomic E-state index is 10.8. The number of rotatable bonds is 3. The summed E-state index contributed by atoms with van der Waals surface area (Å²) in [7, 11) is -0.902. The van der Waals surface area contributed by atoms with E-state index in [9.17, 15) is 8.42 Å². The smallest absolute Gasteiger partial charge is 0.281 e. The molecular formula is C6H12N3O3S+. The van der Waals surface area contributed by atoms with Gasteiger partial charge in [0.05, 0.1) is 7.05 Å². The minimum atomic E-state index is -4.12. The van der Waals surface area contributed by atoms with Gasteiger partial charge in [0.2, 0.25) is 6.33 Å². The van der Waals surface area contributed by atoms with E-state index < -0.39 is 15.6 Å². The average Bonchev–Trinajstić information content (AvgIpc) is 2.34. The molecule has 1 unspecified atom stereocenters. The minimum absolute atomic E-state index is 1.13. The summed E-state index contributed by atoms with van der Waals surface area (Å²) in [5, 5.41) is 2.48. The van der Waals surface area contributed by atoms with Crippen molar-refractivity contribution in [3.8, 4) is 0 Å². The van der Waals surface area contributed by atoms with Crippen molar-refractivity contribution in [2.45, 2.75) is 5.50 Å². The fourth-order valence-electron chi connectivity index (χ4n) is 1.06. The largest absolute Gasteiger partial charge is 0.322 e. The highest BCUT2D eigenvalue weighted by molar-refractivity contribution is 7.85. The van der Waals surface area contributed by atoms with Crippen LogP contribution in [0.15, 0.2) is 18.7 Å². The van der Waals surface area contributed by atoms with Crippen LogP contribution in [-0.4, -0.2) is 24.6 Å². The van der Waals surface area contributed by atoms with E-state index in [-0.39, 0.29) is 0 Å². The molecule has 1 aromatic heterocycles. The zero-order chi connectivity index (χ0) is 10.1. The molecule has 6 nitrogen and oxygen atoms in total. The van der Waals surface area contributed by atoms with E-state index in [1.165, 1.54) is 11.6 Å². The second kappa shape index (κ2) is 3.44. The van der Waals surface area contributed by atoms with Crippen LogP contribution in [-0.2, 0) is 17.2 Å². The summed E-state index contributed by atoms with van der Waals surface area (Å²) in [6.45, 7) is 0. The Morgan fingerprint density at radius 3 is 2.54 bits per heavy atom. The molecule has 74 valence electrons. The number of aryl methyl sites for hydroxylation is 1. The summed E-state index contributed by atoms with van der Waals surface area (Å²) >= 11 is 0. The molecule has 1 aromatic rings. The van der Waals surface area contributed by atoms with Gasteiger partial charge in [0.25, 0.3) is 5.50 Å². The summed E-state index contributed by atoms with van der Waals surface area (Å²) < 4.78 is 33.5. The molecule has 0 saturated heterocycles. The summed E-state index contributed by atoms with van der Waals surface area (Å²) in [4.78, 5) is 0. The van der Waals surface area contributed by atoms with Crippen LogP contribution in [0.2, 0.25) is 0 Å². The van der Waals surface area contributed by atoms with Crippen molar-refractivity contribution in [1.82, 2.24) is 9.88 Å². The molecule has 13 heavy (non-hydrogen) atoms. The fourth-order valence-corrected chi connectivity index (χ4v) is 1.79. The lowest BCUT2D eigenvalue weighted by Crippen LogP contribution is -2.49. The lowest BCUT2D eigenvalue weighted by Gasteiger charge is -2.07. The number of nitrogens with zero attached hydrogens (tertiary/aromatic N) is 2. The zero-order valence-corrected chi connectivity index (χ0v) is 8.19. The summed E-state index contributed by atoms with van der Waals surface area (Å²) in [6.07, 6.45) is 4.78. The highest BCUT2D eigenvalue weighted by atomic mass is 32.2. The van der Waals surface area contributed by atoms with E-state index in [1.54, 1.807) is 30.3 Å². The number of aromatic nitrogens is 2. The van der Waals surface area contributed by atoms with Crippen LogP contribution in [0.4, 0.5) is 0 Å². The maximum Gasteiger partial charge on any atom is 0.322 e. The number of hydrogen-bond donors (Lipinski definition) is 2. The first kappa shape index (κ1) is 10.2. The predicted molar refractivity (Wildman–Crippen MR) is 45.3 cm³/mol. The second-order valence-corrected chi connectivity index (χ2v) is 4.16. The van der Waals surface area contributed by atoms with E-state index in [0.717, 1.165) is 0 Å². The summed E-state index contributed by atoms with van der Waals surface area (Å²) in [5.74, 6) is 0. The highest BCUT2D eigenvalue weighted by Gasteiger charge is 2.27. The van der Waals surface area contributed by atoms with Crippen LogP contribution < -0.4 is 9.88 Å². The van der Waals surface area contributed by atoms with E-state index >= 15 is 0 Å². The monoisotopic (exact) mass is 206 g/mol. The van der Waals surface area contributed by atoms with Gasteiger partial charge in [-0.05, 0) is 7.05 Å². The average molecular weight is 206 g/mol. The molecule has 0 aliphatic carbocycles. The van der Waals surface area contributed by atoms with Gasteiger partial charge in [0, 0.05) is 0 Å². The predicted octanol–water partition coefficient (Wildman–Crippen LogP) is -1.12. The van der Waals surface area contributed by atoms with Crippen LogP contribution in [0.1, 0.15) is 5.50 Å². The fraction of sp³-hybridized carbons (Fsp3) is 0.500. The Morgan fingerprint density at radius 2 is 2.23 bits per heavy atom. The Morgan fingerprint density at radius 1 is 1.62 bits per heavy atom. The van der Waals surface area contributed by atoms with Crippen molar-refractivity contribution in [3.05, 3.63) is 18.7 Å². The SMILES string of the molecule is CNC([n+]1ccn(C)c1)S(=O)(=O)O. The summed E-state index contributed by atoms with van der Waals surface area (Å²) in [6, 6.07) is 0. The lowest BCUT2D eigenvalue weighted by atomic mass is 10.8. The van der Waals surface area contributed by atoms with Gasteiger partial charge in [-0.3, -0.25) is 9.87 Å². The van der Waals surface area contributed by atoms with Gasteiger partial charge in [-0.1, -0.05) is 0 Å². The van der Waals surface area contributed by atoms with Crippen molar-refractivity contribution in [3.63, 3.8) is 0 Å². The third-order valence-corrected chi connectivity index (χ3v) is 2.63. The highest BCUT2D eigenvalue weighted by Crippen LogP contribution is 1.99. The first-order chi connectivity index (χ1) is 5.95. The Kier molecular flexibility index (Phi) is 2.69. The second-order valence-electron chi connectivity index (χ2n) is 2.68. The van der Waals surface area contributed by atoms with Gasteiger partial charge < -0.3 is 0 Å². The molecular weight excluding hydrogens is 194 g/mol. The van der Waals surface area contributed by atoms with E-state index in [4.69, 9.17) is 4.55 Å². The van der Waals surface area contributed by atoms with Crippen LogP contribution in [0.5, 0.6) is 0 Å². The molecule has 1 atom stereocenters. The number of hydrogen-bond acceptors (Lipinski definition) is 3. The van der Waals surface area contributed by atoms with Crippen LogP contribution >= 0.6 is 0 Å². The molecule has 1 heterocycles. The van der Waals surface area contributed by atoms with Gasteiger partial charge in [-0.15, -0.1) is 0 Å². The van der Waals surface area contributed by atoms with Crippen LogP contribution in [0, 0.1) is 0 Å². The summed E-state index contributed by atoms with van der Waals surface area (Å²) in [5.41, 5.74) is -1.13. The molecule has 1 rings (SSSR count). The van der Waals surface area contributed by atoms with Crippen LogP contribution in [0.25, 0.3) is 0 Å². The molecule has 0 radical (unpaired) electrons. The molecule has 0 bridgehead atoms. The zero-order valence-electron chi connectivity index (χ0n) is 7.38. The first-order valence-electron chi connectivity index (χ1n) is 3.61. The third kappa shape index (κ3) is 2.27. The Balaban J connectivity index is 3.05. The van der Waals surface area contributed by atoms with Gasteiger partial charge in [0.1, 0.15) is 12.4 Å². The van der Waals surface area contributed by atoms with E-state index in [0.29, 0.717) is 0 Å². The van der Waals surface area contributed by atoms with Crippen molar-refractivity contribution >= 4 is 10.1 Å².